The standard InChI is InChI=1S/C19H14ClNO/c1-12-17(9-13-3-5-14(20)6-4-13)16-8-7-15(22-2)10-18(16)19(12)11-21/h3-10H,1-2H3. The minimum Gasteiger partial charge on any atom is -0.497 e. The van der Waals surface area contributed by atoms with E-state index in [9.17, 15) is 5.26 Å². The Morgan fingerprint density at radius 2 is 1.82 bits per heavy atom. The van der Waals surface area contributed by atoms with Crippen LogP contribution in [0.5, 0.6) is 5.75 Å². The van der Waals surface area contributed by atoms with Crippen molar-refractivity contribution in [3.63, 3.8) is 0 Å². The van der Waals surface area contributed by atoms with Gasteiger partial charge in [0.15, 0.2) is 0 Å². The van der Waals surface area contributed by atoms with E-state index in [4.69, 9.17) is 16.3 Å². The highest BCUT2D eigenvalue weighted by molar-refractivity contribution is 6.30. The first-order valence-corrected chi connectivity index (χ1v) is 7.29. The van der Waals surface area contributed by atoms with Gasteiger partial charge in [-0.25, -0.2) is 0 Å². The van der Waals surface area contributed by atoms with Crippen molar-refractivity contribution < 1.29 is 4.74 Å². The summed E-state index contributed by atoms with van der Waals surface area (Å²) >= 11 is 5.93. The molecule has 0 radical (unpaired) electrons. The Bertz CT molecular complexity index is 839. The molecule has 1 aliphatic carbocycles. The lowest BCUT2D eigenvalue weighted by atomic mass is 10.0. The number of allylic oxidation sites excluding steroid dienone is 3. The summed E-state index contributed by atoms with van der Waals surface area (Å²) in [6, 6.07) is 15.8. The number of benzene rings is 2. The number of ether oxygens (including phenoxy) is 1. The molecule has 0 bridgehead atoms. The summed E-state index contributed by atoms with van der Waals surface area (Å²) in [4.78, 5) is 0. The van der Waals surface area contributed by atoms with E-state index in [0.29, 0.717) is 10.6 Å². The molecule has 3 heteroatoms. The lowest BCUT2D eigenvalue weighted by molar-refractivity contribution is 0.414. The van der Waals surface area contributed by atoms with Crippen LogP contribution in [-0.4, -0.2) is 7.11 Å². The smallest absolute Gasteiger partial charge is 0.119 e. The summed E-state index contributed by atoms with van der Waals surface area (Å²) < 4.78 is 5.27. The van der Waals surface area contributed by atoms with Gasteiger partial charge in [-0.15, -0.1) is 0 Å². The van der Waals surface area contributed by atoms with Gasteiger partial charge in [0.25, 0.3) is 0 Å². The van der Waals surface area contributed by atoms with Crippen molar-refractivity contribution >= 4 is 28.8 Å². The lowest BCUT2D eigenvalue weighted by Gasteiger charge is -2.06. The number of methoxy groups -OCH3 is 1. The molecular formula is C19H14ClNO. The molecule has 0 amide bonds. The SMILES string of the molecule is COc1ccc2c(c1)C(C#N)=C(C)C2=Cc1ccc(Cl)cc1. The first kappa shape index (κ1) is 14.4. The predicted molar refractivity (Wildman–Crippen MR) is 90.5 cm³/mol. The minimum absolute atomic E-state index is 0.703. The molecule has 2 aromatic rings. The van der Waals surface area contributed by atoms with E-state index in [-0.39, 0.29) is 0 Å². The predicted octanol–water partition coefficient (Wildman–Crippen LogP) is 5.20. The maximum absolute atomic E-state index is 9.47. The van der Waals surface area contributed by atoms with Gasteiger partial charge in [-0.3, -0.25) is 0 Å². The fraction of sp³-hybridized carbons (Fsp3) is 0.105. The summed E-state index contributed by atoms with van der Waals surface area (Å²) in [5.74, 6) is 0.757. The molecule has 0 heterocycles. The summed E-state index contributed by atoms with van der Waals surface area (Å²) in [5.41, 5.74) is 5.80. The van der Waals surface area contributed by atoms with Crippen LogP contribution in [0.1, 0.15) is 23.6 Å². The van der Waals surface area contributed by atoms with E-state index >= 15 is 0 Å². The van der Waals surface area contributed by atoms with Crippen LogP contribution in [0.15, 0.2) is 48.0 Å². The molecule has 0 aliphatic heterocycles. The number of hydrogen-bond acceptors (Lipinski definition) is 2. The maximum Gasteiger partial charge on any atom is 0.119 e. The topological polar surface area (TPSA) is 33.0 Å². The van der Waals surface area contributed by atoms with Crippen molar-refractivity contribution in [3.05, 3.63) is 69.8 Å². The van der Waals surface area contributed by atoms with Crippen LogP contribution in [-0.2, 0) is 0 Å². The molecule has 108 valence electrons. The number of halogens is 1. The monoisotopic (exact) mass is 307 g/mol. The Morgan fingerprint density at radius 3 is 2.45 bits per heavy atom. The molecule has 0 fully saturated rings. The van der Waals surface area contributed by atoms with E-state index < -0.39 is 0 Å². The van der Waals surface area contributed by atoms with Crippen molar-refractivity contribution in [1.29, 1.82) is 5.26 Å². The van der Waals surface area contributed by atoms with Crippen LogP contribution in [0, 0.1) is 11.3 Å². The zero-order chi connectivity index (χ0) is 15.7. The van der Waals surface area contributed by atoms with E-state index in [1.54, 1.807) is 7.11 Å². The fourth-order valence-corrected chi connectivity index (χ4v) is 2.81. The molecule has 0 aromatic heterocycles. The molecule has 0 unspecified atom stereocenters. The highest BCUT2D eigenvalue weighted by atomic mass is 35.5. The Kier molecular flexibility index (Phi) is 3.75. The molecule has 2 nitrogen and oxygen atoms in total. The molecule has 0 saturated carbocycles. The highest BCUT2D eigenvalue weighted by Crippen LogP contribution is 2.43. The van der Waals surface area contributed by atoms with Gasteiger partial charge in [0, 0.05) is 10.6 Å². The number of nitriles is 1. The van der Waals surface area contributed by atoms with E-state index in [1.165, 1.54) is 0 Å². The Morgan fingerprint density at radius 1 is 1.09 bits per heavy atom. The molecule has 0 N–H and O–H groups in total. The van der Waals surface area contributed by atoms with Crippen molar-refractivity contribution in [1.82, 2.24) is 0 Å². The number of fused-ring (bicyclic) bond motifs is 1. The molecule has 2 aromatic carbocycles. The molecule has 0 saturated heterocycles. The van der Waals surface area contributed by atoms with E-state index in [1.807, 2.05) is 49.4 Å². The van der Waals surface area contributed by atoms with Gasteiger partial charge in [0.1, 0.15) is 11.8 Å². The second kappa shape index (κ2) is 5.71. The van der Waals surface area contributed by atoms with Crippen LogP contribution in [0.25, 0.3) is 17.2 Å². The quantitative estimate of drug-likeness (QED) is 0.764. The molecular weight excluding hydrogens is 294 g/mol. The van der Waals surface area contributed by atoms with E-state index in [0.717, 1.165) is 33.6 Å². The lowest BCUT2D eigenvalue weighted by Crippen LogP contribution is -1.88. The van der Waals surface area contributed by atoms with Crippen LogP contribution in [0.2, 0.25) is 5.02 Å². The summed E-state index contributed by atoms with van der Waals surface area (Å²) in [6.07, 6.45) is 2.08. The van der Waals surface area contributed by atoms with Gasteiger partial charge in [-0.2, -0.15) is 5.26 Å². The van der Waals surface area contributed by atoms with Crippen LogP contribution < -0.4 is 4.74 Å². The summed E-state index contributed by atoms with van der Waals surface area (Å²) in [6.45, 7) is 1.98. The second-order valence-corrected chi connectivity index (χ2v) is 5.57. The van der Waals surface area contributed by atoms with Crippen molar-refractivity contribution in [2.75, 3.05) is 7.11 Å². The number of nitrogens with zero attached hydrogens (tertiary/aromatic N) is 1. The Hall–Kier alpha value is -2.50. The third-order valence-electron chi connectivity index (χ3n) is 3.86. The highest BCUT2D eigenvalue weighted by Gasteiger charge is 2.24. The molecule has 0 spiro atoms. The maximum atomic E-state index is 9.47. The zero-order valence-electron chi connectivity index (χ0n) is 12.4. The largest absolute Gasteiger partial charge is 0.497 e. The van der Waals surface area contributed by atoms with Gasteiger partial charge in [0.05, 0.1) is 12.7 Å². The van der Waals surface area contributed by atoms with Gasteiger partial charge in [-0.05, 0) is 59.5 Å². The Labute approximate surface area is 134 Å². The molecule has 22 heavy (non-hydrogen) atoms. The van der Waals surface area contributed by atoms with Crippen molar-refractivity contribution in [2.24, 2.45) is 0 Å². The number of hydrogen-bond donors (Lipinski definition) is 0. The second-order valence-electron chi connectivity index (χ2n) is 5.13. The zero-order valence-corrected chi connectivity index (χ0v) is 13.1. The average molecular weight is 308 g/mol. The molecule has 1 aliphatic rings. The van der Waals surface area contributed by atoms with Gasteiger partial charge >= 0.3 is 0 Å². The third kappa shape index (κ3) is 2.41. The van der Waals surface area contributed by atoms with Crippen LogP contribution >= 0.6 is 11.6 Å². The molecule has 0 atom stereocenters. The minimum atomic E-state index is 0.703. The van der Waals surface area contributed by atoms with Gasteiger partial charge < -0.3 is 4.74 Å². The van der Waals surface area contributed by atoms with Crippen molar-refractivity contribution in [3.8, 4) is 11.8 Å². The van der Waals surface area contributed by atoms with Crippen LogP contribution in [0.3, 0.4) is 0 Å². The first-order valence-electron chi connectivity index (χ1n) is 6.91. The average Bonchev–Trinajstić information content (AvgIpc) is 2.80. The molecule has 3 rings (SSSR count). The summed E-state index contributed by atoms with van der Waals surface area (Å²) in [5, 5.41) is 10.2. The van der Waals surface area contributed by atoms with Gasteiger partial charge in [0.2, 0.25) is 0 Å². The number of rotatable bonds is 2. The van der Waals surface area contributed by atoms with Crippen molar-refractivity contribution in [2.45, 2.75) is 6.92 Å². The van der Waals surface area contributed by atoms with Gasteiger partial charge in [-0.1, -0.05) is 29.8 Å². The van der Waals surface area contributed by atoms with Crippen LogP contribution in [0.4, 0.5) is 0 Å². The van der Waals surface area contributed by atoms with E-state index in [2.05, 4.69) is 12.1 Å². The third-order valence-corrected chi connectivity index (χ3v) is 4.11. The Balaban J connectivity index is 2.16. The fourth-order valence-electron chi connectivity index (χ4n) is 2.69. The first-order chi connectivity index (χ1) is 10.6. The summed E-state index contributed by atoms with van der Waals surface area (Å²) in [7, 11) is 1.63. The normalized spacial score (nSPS) is 14.9.